The molecule has 3 rings (SSSR count). The van der Waals surface area contributed by atoms with Crippen molar-refractivity contribution in [3.63, 3.8) is 0 Å². The zero-order valence-corrected chi connectivity index (χ0v) is 18.1. The molecule has 7 heteroatoms. The predicted molar refractivity (Wildman–Crippen MR) is 116 cm³/mol. The molecule has 2 fully saturated rings. The number of β-amino-alcohol motifs (C(OH)–C–C–N with tert-alkyl or cyclic N) is 1. The molecule has 2 aliphatic rings. The van der Waals surface area contributed by atoms with Crippen molar-refractivity contribution in [1.29, 1.82) is 0 Å². The molecule has 28 heavy (non-hydrogen) atoms. The lowest BCUT2D eigenvalue weighted by Crippen LogP contribution is -2.49. The molecule has 0 bridgehead atoms. The number of aliphatic hydroxyl groups is 1. The van der Waals surface area contributed by atoms with Gasteiger partial charge in [-0.2, -0.15) is 11.8 Å². The second-order valence-corrected chi connectivity index (χ2v) is 8.80. The molecule has 2 saturated heterocycles. The number of hydrogen-bond donors (Lipinski definition) is 1. The summed E-state index contributed by atoms with van der Waals surface area (Å²) >= 11 is 2.03. The normalized spacial score (nSPS) is 20.8. The molecule has 1 aromatic rings. The first-order valence-electron chi connectivity index (χ1n) is 10.4. The summed E-state index contributed by atoms with van der Waals surface area (Å²) in [6.45, 7) is 11.7. The fourth-order valence-electron chi connectivity index (χ4n) is 3.77. The van der Waals surface area contributed by atoms with Gasteiger partial charge in [0.1, 0.15) is 12.7 Å². The Morgan fingerprint density at radius 2 is 1.71 bits per heavy atom. The van der Waals surface area contributed by atoms with Gasteiger partial charge in [-0.1, -0.05) is 13.0 Å². The van der Waals surface area contributed by atoms with Gasteiger partial charge in [0.05, 0.1) is 7.11 Å². The number of benzene rings is 1. The van der Waals surface area contributed by atoms with Crippen molar-refractivity contribution in [3.8, 4) is 11.5 Å². The van der Waals surface area contributed by atoms with Crippen LogP contribution in [0, 0.1) is 0 Å². The number of rotatable bonds is 9. The number of ether oxygens (including phenoxy) is 2. The zero-order valence-electron chi connectivity index (χ0n) is 17.3. The lowest BCUT2D eigenvalue weighted by molar-refractivity contribution is 0.0464. The van der Waals surface area contributed by atoms with Crippen LogP contribution < -0.4 is 9.47 Å². The van der Waals surface area contributed by atoms with Crippen LogP contribution in [0.25, 0.3) is 0 Å². The minimum absolute atomic E-state index is 0.285. The summed E-state index contributed by atoms with van der Waals surface area (Å²) in [5.41, 5.74) is 1.24. The van der Waals surface area contributed by atoms with Crippen LogP contribution in [0.4, 0.5) is 0 Å². The van der Waals surface area contributed by atoms with Crippen LogP contribution in [0.3, 0.4) is 0 Å². The molecule has 0 amide bonds. The predicted octanol–water partition coefficient (Wildman–Crippen LogP) is 1.62. The van der Waals surface area contributed by atoms with Crippen molar-refractivity contribution in [3.05, 3.63) is 23.8 Å². The van der Waals surface area contributed by atoms with Gasteiger partial charge in [-0.3, -0.25) is 9.80 Å². The minimum atomic E-state index is -0.497. The Bertz CT molecular complexity index is 590. The van der Waals surface area contributed by atoms with E-state index in [9.17, 15) is 5.11 Å². The third kappa shape index (κ3) is 6.52. The molecule has 0 aliphatic carbocycles. The van der Waals surface area contributed by atoms with Gasteiger partial charge in [0.25, 0.3) is 0 Å². The molecule has 6 nitrogen and oxygen atoms in total. The molecule has 1 atom stereocenters. The first-order valence-corrected chi connectivity index (χ1v) is 11.6. The Kier molecular flexibility index (Phi) is 8.73. The first kappa shape index (κ1) is 21.7. The summed E-state index contributed by atoms with van der Waals surface area (Å²) in [5, 5.41) is 10.4. The van der Waals surface area contributed by atoms with E-state index in [1.54, 1.807) is 7.11 Å². The van der Waals surface area contributed by atoms with E-state index in [4.69, 9.17) is 9.47 Å². The highest BCUT2D eigenvalue weighted by Gasteiger charge is 2.19. The number of hydrogen-bond acceptors (Lipinski definition) is 7. The van der Waals surface area contributed by atoms with Crippen molar-refractivity contribution in [2.75, 3.05) is 77.6 Å². The van der Waals surface area contributed by atoms with Gasteiger partial charge in [0.15, 0.2) is 11.5 Å². The zero-order chi connectivity index (χ0) is 19.8. The van der Waals surface area contributed by atoms with E-state index in [-0.39, 0.29) is 6.61 Å². The Morgan fingerprint density at radius 1 is 1.00 bits per heavy atom. The number of nitrogens with zero attached hydrogens (tertiary/aromatic N) is 3. The maximum absolute atomic E-state index is 10.4. The van der Waals surface area contributed by atoms with Gasteiger partial charge in [-0.25, -0.2) is 0 Å². The van der Waals surface area contributed by atoms with Gasteiger partial charge in [0, 0.05) is 63.9 Å². The summed E-state index contributed by atoms with van der Waals surface area (Å²) in [6.07, 6.45) is -0.497. The highest BCUT2D eigenvalue weighted by atomic mass is 32.2. The second-order valence-electron chi connectivity index (χ2n) is 7.57. The molecule has 1 aromatic carbocycles. The maximum Gasteiger partial charge on any atom is 0.161 e. The third-order valence-corrected chi connectivity index (χ3v) is 6.49. The van der Waals surface area contributed by atoms with Crippen LogP contribution in [0.1, 0.15) is 12.5 Å². The molecular weight excluding hydrogens is 374 g/mol. The van der Waals surface area contributed by atoms with Gasteiger partial charge >= 0.3 is 0 Å². The van der Waals surface area contributed by atoms with Crippen molar-refractivity contribution in [2.45, 2.75) is 19.6 Å². The summed E-state index contributed by atoms with van der Waals surface area (Å²) in [7, 11) is 1.67. The van der Waals surface area contributed by atoms with Gasteiger partial charge in [-0.15, -0.1) is 0 Å². The Labute approximate surface area is 173 Å². The lowest BCUT2D eigenvalue weighted by Gasteiger charge is -2.34. The van der Waals surface area contributed by atoms with Crippen molar-refractivity contribution < 1.29 is 14.6 Å². The number of aliphatic hydroxyl groups excluding tert-OH is 1. The summed E-state index contributed by atoms with van der Waals surface area (Å²) in [4.78, 5) is 7.24. The molecule has 2 heterocycles. The van der Waals surface area contributed by atoms with Gasteiger partial charge in [-0.05, 0) is 24.2 Å². The molecule has 0 saturated carbocycles. The summed E-state index contributed by atoms with van der Waals surface area (Å²) in [6, 6.07) is 6.14. The molecule has 2 aliphatic heterocycles. The average Bonchev–Trinajstić information content (AvgIpc) is 2.74. The van der Waals surface area contributed by atoms with Crippen molar-refractivity contribution >= 4 is 11.8 Å². The number of methoxy groups -OCH3 is 1. The SMILES string of the molecule is CCN1CCN(CC(O)COc2ccc(CN3CCSCC3)cc2OC)CC1. The highest BCUT2D eigenvalue weighted by molar-refractivity contribution is 7.99. The average molecular weight is 410 g/mol. The number of piperazine rings is 1. The van der Waals surface area contributed by atoms with E-state index in [1.165, 1.54) is 17.1 Å². The molecule has 0 radical (unpaired) electrons. The Hall–Kier alpha value is -0.990. The molecule has 1 N–H and O–H groups in total. The number of thioether (sulfide) groups is 1. The van der Waals surface area contributed by atoms with E-state index in [0.29, 0.717) is 12.3 Å². The lowest BCUT2D eigenvalue weighted by atomic mass is 10.2. The van der Waals surface area contributed by atoms with Crippen LogP contribution in [-0.2, 0) is 6.54 Å². The molecular formula is C21H35N3O3S. The smallest absolute Gasteiger partial charge is 0.161 e. The van der Waals surface area contributed by atoms with Crippen molar-refractivity contribution in [2.24, 2.45) is 0 Å². The van der Waals surface area contributed by atoms with Crippen molar-refractivity contribution in [1.82, 2.24) is 14.7 Å². The summed E-state index contributed by atoms with van der Waals surface area (Å²) in [5.74, 6) is 3.87. The van der Waals surface area contributed by atoms with E-state index in [0.717, 1.165) is 58.1 Å². The Balaban J connectivity index is 1.46. The summed E-state index contributed by atoms with van der Waals surface area (Å²) < 4.78 is 11.4. The van der Waals surface area contributed by atoms with E-state index in [1.807, 2.05) is 17.8 Å². The maximum atomic E-state index is 10.4. The third-order valence-electron chi connectivity index (χ3n) is 5.55. The standard InChI is InChI=1S/C21H35N3O3S/c1-3-22-6-8-23(9-7-22)16-19(25)17-27-20-5-4-18(14-21(20)26-2)15-24-10-12-28-13-11-24/h4-5,14,19,25H,3,6-13,15-17H2,1-2H3. The fraction of sp³-hybridized carbons (Fsp3) is 0.714. The highest BCUT2D eigenvalue weighted by Crippen LogP contribution is 2.29. The quantitative estimate of drug-likeness (QED) is 0.665. The van der Waals surface area contributed by atoms with Crippen LogP contribution >= 0.6 is 11.8 Å². The number of likely N-dealkylation sites (N-methyl/N-ethyl adjacent to an activating group) is 1. The van der Waals surface area contributed by atoms with Crippen LogP contribution in [-0.4, -0.2) is 103 Å². The van der Waals surface area contributed by atoms with Gasteiger partial charge < -0.3 is 19.5 Å². The van der Waals surface area contributed by atoms with Gasteiger partial charge in [0.2, 0.25) is 0 Å². The molecule has 0 aromatic heterocycles. The Morgan fingerprint density at radius 3 is 2.39 bits per heavy atom. The van der Waals surface area contributed by atoms with Crippen LogP contribution in [0.2, 0.25) is 0 Å². The molecule has 0 spiro atoms. The second kappa shape index (κ2) is 11.3. The first-order chi connectivity index (χ1) is 13.7. The largest absolute Gasteiger partial charge is 0.493 e. The van der Waals surface area contributed by atoms with E-state index >= 15 is 0 Å². The van der Waals surface area contributed by atoms with Crippen LogP contribution in [0.15, 0.2) is 18.2 Å². The minimum Gasteiger partial charge on any atom is -0.493 e. The van der Waals surface area contributed by atoms with E-state index < -0.39 is 6.10 Å². The monoisotopic (exact) mass is 409 g/mol. The van der Waals surface area contributed by atoms with E-state index in [2.05, 4.69) is 33.8 Å². The topological polar surface area (TPSA) is 48.4 Å². The molecule has 1 unspecified atom stereocenters. The van der Waals surface area contributed by atoms with Crippen LogP contribution in [0.5, 0.6) is 11.5 Å². The fourth-order valence-corrected chi connectivity index (χ4v) is 4.75. The molecule has 158 valence electrons.